The van der Waals surface area contributed by atoms with E-state index >= 15 is 0 Å². The van der Waals surface area contributed by atoms with Crippen LogP contribution in [-0.4, -0.2) is 40.6 Å². The molecule has 2 rings (SSSR count). The summed E-state index contributed by atoms with van der Waals surface area (Å²) in [6, 6.07) is 0. The van der Waals surface area contributed by atoms with Gasteiger partial charge in [-0.2, -0.15) is 0 Å². The van der Waals surface area contributed by atoms with E-state index in [-0.39, 0.29) is 18.4 Å². The zero-order valence-electron chi connectivity index (χ0n) is 15.4. The summed E-state index contributed by atoms with van der Waals surface area (Å²) in [6.45, 7) is 4.52. The molecule has 0 aromatic carbocycles. The van der Waals surface area contributed by atoms with E-state index in [9.17, 15) is 15.0 Å². The fraction of sp³-hybridized carbons (Fsp3) is 0.750. The average molecular weight is 352 g/mol. The van der Waals surface area contributed by atoms with E-state index < -0.39 is 12.1 Å². The highest BCUT2D eigenvalue weighted by atomic mass is 16.5. The SMILES string of the molecule is CCC(C)CCC=C(O)[C@H]1[C@@H]2C=C(CCOCC(=O)O)C[C@@H]2C[C@@H]1O. The van der Waals surface area contributed by atoms with Crippen LogP contribution in [-0.2, 0) is 9.53 Å². The zero-order chi connectivity index (χ0) is 18.4. The van der Waals surface area contributed by atoms with Gasteiger partial charge in [-0.3, -0.25) is 0 Å². The van der Waals surface area contributed by atoms with E-state index in [1.807, 2.05) is 6.08 Å². The van der Waals surface area contributed by atoms with Gasteiger partial charge in [-0.1, -0.05) is 31.9 Å². The van der Waals surface area contributed by atoms with Gasteiger partial charge in [0.15, 0.2) is 0 Å². The van der Waals surface area contributed by atoms with Crippen molar-refractivity contribution in [2.75, 3.05) is 13.2 Å². The Morgan fingerprint density at radius 1 is 1.44 bits per heavy atom. The van der Waals surface area contributed by atoms with E-state index in [2.05, 4.69) is 19.9 Å². The van der Waals surface area contributed by atoms with E-state index in [0.29, 0.717) is 30.6 Å². The molecule has 1 saturated carbocycles. The van der Waals surface area contributed by atoms with Crippen LogP contribution in [0.4, 0.5) is 0 Å². The number of hydrogen-bond acceptors (Lipinski definition) is 4. The Kier molecular flexibility index (Phi) is 7.51. The maximum Gasteiger partial charge on any atom is 0.329 e. The zero-order valence-corrected chi connectivity index (χ0v) is 15.4. The molecule has 0 saturated heterocycles. The first-order valence-electron chi connectivity index (χ1n) is 9.48. The first-order valence-corrected chi connectivity index (χ1v) is 9.48. The standard InChI is InChI=1S/C20H32O5/c1-3-13(2)5-4-6-17(21)20-16-10-14(7-8-25-12-19(23)24)9-15(16)11-18(20)22/h6,10,13,15-16,18,20-22H,3-5,7-9,11-12H2,1-2H3,(H,23,24)/t13?,15-,16-,18+,20-/m1/s1. The summed E-state index contributed by atoms with van der Waals surface area (Å²) in [5, 5.41) is 29.4. The summed E-state index contributed by atoms with van der Waals surface area (Å²) in [5.74, 6) is 0.396. The van der Waals surface area contributed by atoms with Gasteiger partial charge in [0, 0.05) is 5.92 Å². The van der Waals surface area contributed by atoms with Crippen molar-refractivity contribution in [3.8, 4) is 0 Å². The lowest BCUT2D eigenvalue weighted by Crippen LogP contribution is -2.20. The van der Waals surface area contributed by atoms with E-state index in [1.165, 1.54) is 5.57 Å². The number of allylic oxidation sites excluding steroid dienone is 2. The molecule has 5 heteroatoms. The molecule has 5 atom stereocenters. The predicted octanol–water partition coefficient (Wildman–Crippen LogP) is 3.69. The quantitative estimate of drug-likeness (QED) is 0.317. The number of hydrogen-bond donors (Lipinski definition) is 3. The maximum absolute atomic E-state index is 10.5. The number of rotatable bonds is 10. The third-order valence-electron chi connectivity index (χ3n) is 5.71. The highest BCUT2D eigenvalue weighted by Gasteiger charge is 2.46. The van der Waals surface area contributed by atoms with Crippen LogP contribution >= 0.6 is 0 Å². The smallest absolute Gasteiger partial charge is 0.329 e. The van der Waals surface area contributed by atoms with Crippen LogP contribution in [0.3, 0.4) is 0 Å². The summed E-state index contributed by atoms with van der Waals surface area (Å²) in [7, 11) is 0. The van der Waals surface area contributed by atoms with Crippen molar-refractivity contribution in [3.63, 3.8) is 0 Å². The van der Waals surface area contributed by atoms with Gasteiger partial charge in [0.2, 0.25) is 0 Å². The fourth-order valence-corrected chi connectivity index (χ4v) is 4.10. The molecule has 0 heterocycles. The summed E-state index contributed by atoms with van der Waals surface area (Å²) < 4.78 is 5.11. The molecule has 25 heavy (non-hydrogen) atoms. The Bertz CT molecular complexity index is 510. The van der Waals surface area contributed by atoms with Crippen LogP contribution in [0.15, 0.2) is 23.5 Å². The number of carboxylic acid groups (broad SMARTS) is 1. The molecule has 5 nitrogen and oxygen atoms in total. The third kappa shape index (κ3) is 5.58. The Morgan fingerprint density at radius 3 is 2.88 bits per heavy atom. The monoisotopic (exact) mass is 352 g/mol. The Hall–Kier alpha value is -1.33. The molecule has 0 aromatic heterocycles. The molecule has 2 aliphatic carbocycles. The molecular formula is C20H32O5. The molecule has 3 N–H and O–H groups in total. The second kappa shape index (κ2) is 9.39. The largest absolute Gasteiger partial charge is 0.512 e. The van der Waals surface area contributed by atoms with Crippen molar-refractivity contribution in [3.05, 3.63) is 23.5 Å². The van der Waals surface area contributed by atoms with Gasteiger partial charge >= 0.3 is 5.97 Å². The van der Waals surface area contributed by atoms with Crippen LogP contribution in [0.25, 0.3) is 0 Å². The second-order valence-electron chi connectivity index (χ2n) is 7.61. The summed E-state index contributed by atoms with van der Waals surface area (Å²) in [4.78, 5) is 10.5. The van der Waals surface area contributed by atoms with E-state index in [0.717, 1.165) is 32.1 Å². The van der Waals surface area contributed by atoms with Crippen LogP contribution in [0.1, 0.15) is 52.4 Å². The molecule has 0 aliphatic heterocycles. The molecule has 0 spiro atoms. The van der Waals surface area contributed by atoms with Gasteiger partial charge in [0.25, 0.3) is 0 Å². The Morgan fingerprint density at radius 2 is 2.20 bits per heavy atom. The summed E-state index contributed by atoms with van der Waals surface area (Å²) >= 11 is 0. The normalized spacial score (nSPS) is 30.2. The molecule has 0 amide bonds. The topological polar surface area (TPSA) is 87.0 Å². The Balaban J connectivity index is 1.89. The summed E-state index contributed by atoms with van der Waals surface area (Å²) in [6.07, 6.45) is 8.99. The van der Waals surface area contributed by atoms with Crippen molar-refractivity contribution < 1.29 is 24.9 Å². The van der Waals surface area contributed by atoms with Crippen LogP contribution < -0.4 is 0 Å². The van der Waals surface area contributed by atoms with E-state index in [4.69, 9.17) is 9.84 Å². The minimum Gasteiger partial charge on any atom is -0.512 e. The number of carbonyl (C=O) groups is 1. The van der Waals surface area contributed by atoms with Gasteiger partial charge in [-0.15, -0.1) is 0 Å². The number of fused-ring (bicyclic) bond motifs is 1. The first kappa shape index (κ1) is 20.0. The highest BCUT2D eigenvalue weighted by Crippen LogP contribution is 2.49. The highest BCUT2D eigenvalue weighted by molar-refractivity contribution is 5.67. The van der Waals surface area contributed by atoms with Gasteiger partial charge in [-0.05, 0) is 55.9 Å². The molecule has 142 valence electrons. The van der Waals surface area contributed by atoms with Crippen molar-refractivity contribution in [2.45, 2.75) is 58.5 Å². The van der Waals surface area contributed by atoms with Crippen molar-refractivity contribution >= 4 is 5.97 Å². The predicted molar refractivity (Wildman–Crippen MR) is 96.3 cm³/mol. The minimum absolute atomic E-state index is 0.185. The lowest BCUT2D eigenvalue weighted by molar-refractivity contribution is -0.142. The van der Waals surface area contributed by atoms with Gasteiger partial charge in [0.1, 0.15) is 6.61 Å². The van der Waals surface area contributed by atoms with Gasteiger partial charge in [0.05, 0.1) is 18.5 Å². The second-order valence-corrected chi connectivity index (χ2v) is 7.61. The first-order chi connectivity index (χ1) is 11.9. The van der Waals surface area contributed by atoms with E-state index in [1.54, 1.807) is 0 Å². The average Bonchev–Trinajstić information content (AvgIpc) is 3.06. The van der Waals surface area contributed by atoms with Crippen molar-refractivity contribution in [2.24, 2.45) is 23.7 Å². The lowest BCUT2D eigenvalue weighted by atomic mass is 9.89. The number of aliphatic carboxylic acids is 1. The van der Waals surface area contributed by atoms with Crippen molar-refractivity contribution in [1.82, 2.24) is 0 Å². The lowest BCUT2D eigenvalue weighted by Gasteiger charge is -2.19. The number of ether oxygens (including phenoxy) is 1. The minimum atomic E-state index is -0.951. The molecule has 1 fully saturated rings. The molecule has 0 aromatic rings. The third-order valence-corrected chi connectivity index (χ3v) is 5.71. The molecular weight excluding hydrogens is 320 g/mol. The summed E-state index contributed by atoms with van der Waals surface area (Å²) in [5.41, 5.74) is 1.25. The number of carboxylic acids is 1. The fourth-order valence-electron chi connectivity index (χ4n) is 4.10. The number of aliphatic hydroxyl groups excluding tert-OH is 2. The Labute approximate surface area is 150 Å². The molecule has 0 bridgehead atoms. The van der Waals surface area contributed by atoms with Gasteiger partial charge < -0.3 is 20.1 Å². The van der Waals surface area contributed by atoms with Crippen molar-refractivity contribution in [1.29, 1.82) is 0 Å². The molecule has 0 radical (unpaired) electrons. The maximum atomic E-state index is 10.5. The number of aliphatic hydroxyl groups is 2. The van der Waals surface area contributed by atoms with Crippen LogP contribution in [0.2, 0.25) is 0 Å². The molecule has 2 aliphatic rings. The van der Waals surface area contributed by atoms with Crippen LogP contribution in [0.5, 0.6) is 0 Å². The molecule has 1 unspecified atom stereocenters. The van der Waals surface area contributed by atoms with Gasteiger partial charge in [-0.25, -0.2) is 4.79 Å². The van der Waals surface area contributed by atoms with Crippen LogP contribution in [0, 0.1) is 23.7 Å².